The highest BCUT2D eigenvalue weighted by Crippen LogP contribution is 2.03. The third-order valence-electron chi connectivity index (χ3n) is 1.06. The molecule has 70 valence electrons. The first kappa shape index (κ1) is 10.8. The van der Waals surface area contributed by atoms with E-state index in [9.17, 15) is 20.0 Å². The van der Waals surface area contributed by atoms with Gasteiger partial charge < -0.3 is 9.84 Å². The van der Waals surface area contributed by atoms with Gasteiger partial charge in [-0.05, 0) is 6.92 Å². The summed E-state index contributed by atoms with van der Waals surface area (Å²) in [6.07, 6.45) is 0. The number of ether oxygens (including phenoxy) is 1. The second-order valence-corrected chi connectivity index (χ2v) is 2.77. The lowest BCUT2D eigenvalue weighted by atomic mass is 10.1. The van der Waals surface area contributed by atoms with Crippen molar-refractivity contribution in [1.82, 2.24) is 0 Å². The molecule has 0 aromatic heterocycles. The molecule has 0 aliphatic heterocycles. The highest BCUT2D eigenvalue weighted by Gasteiger charge is 2.28. The maximum Gasteiger partial charge on any atom is 0.302 e. The van der Waals surface area contributed by atoms with Crippen LogP contribution >= 0.6 is 0 Å². The van der Waals surface area contributed by atoms with E-state index in [1.165, 1.54) is 13.8 Å². The monoisotopic (exact) mass is 177 g/mol. The van der Waals surface area contributed by atoms with Crippen LogP contribution in [0.2, 0.25) is 0 Å². The molecule has 0 aromatic rings. The summed E-state index contributed by atoms with van der Waals surface area (Å²) < 4.78 is 4.41. The van der Waals surface area contributed by atoms with Gasteiger partial charge in [0.05, 0.1) is 0 Å². The number of carbonyl (C=O) groups excluding carboxylic acids is 1. The largest absolute Gasteiger partial charge is 0.463 e. The number of hydrogen-bond donors (Lipinski definition) is 1. The van der Waals surface area contributed by atoms with E-state index in [1.807, 2.05) is 0 Å². The number of aliphatic hydroxyl groups is 1. The average Bonchev–Trinajstić information content (AvgIpc) is 1.81. The lowest BCUT2D eigenvalue weighted by molar-refractivity contribution is -0.500. The van der Waals surface area contributed by atoms with Gasteiger partial charge in [0.25, 0.3) is 0 Å². The lowest BCUT2D eigenvalue weighted by Gasteiger charge is -2.17. The number of hydrogen-bond acceptors (Lipinski definition) is 5. The average molecular weight is 177 g/mol. The van der Waals surface area contributed by atoms with E-state index in [4.69, 9.17) is 0 Å². The second-order valence-electron chi connectivity index (χ2n) is 2.77. The molecule has 0 heterocycles. The molecule has 1 N–H and O–H groups in total. The van der Waals surface area contributed by atoms with Crippen LogP contribution in [0.5, 0.6) is 0 Å². The third-order valence-corrected chi connectivity index (χ3v) is 1.06. The van der Waals surface area contributed by atoms with Crippen molar-refractivity contribution in [2.45, 2.75) is 19.4 Å². The molecule has 0 radical (unpaired) electrons. The number of nitrogens with zero attached hydrogens (tertiary/aromatic N) is 1. The van der Waals surface area contributed by atoms with E-state index >= 15 is 0 Å². The Balaban J connectivity index is 3.86. The van der Waals surface area contributed by atoms with Gasteiger partial charge in [0.2, 0.25) is 6.54 Å². The fraction of sp³-hybridized carbons (Fsp3) is 0.833. The van der Waals surface area contributed by atoms with E-state index in [2.05, 4.69) is 4.74 Å². The molecular weight excluding hydrogens is 166 g/mol. The van der Waals surface area contributed by atoms with Gasteiger partial charge >= 0.3 is 5.97 Å². The summed E-state index contributed by atoms with van der Waals surface area (Å²) >= 11 is 0. The minimum atomic E-state index is -1.59. The van der Waals surface area contributed by atoms with Gasteiger partial charge in [-0.1, -0.05) is 0 Å². The Bertz CT molecular complexity index is 188. The first-order valence-electron chi connectivity index (χ1n) is 3.31. The van der Waals surface area contributed by atoms with Crippen molar-refractivity contribution in [3.63, 3.8) is 0 Å². The molecule has 0 bridgehead atoms. The summed E-state index contributed by atoms with van der Waals surface area (Å²) in [5, 5.41) is 19.2. The van der Waals surface area contributed by atoms with Crippen molar-refractivity contribution >= 4 is 5.97 Å². The highest BCUT2D eigenvalue weighted by molar-refractivity contribution is 5.65. The number of nitro groups is 1. The summed E-state index contributed by atoms with van der Waals surface area (Å²) in [6, 6.07) is 0. The van der Waals surface area contributed by atoms with Crippen LogP contribution in [-0.4, -0.2) is 34.8 Å². The molecular formula is C6H11NO5. The minimum Gasteiger partial charge on any atom is -0.463 e. The van der Waals surface area contributed by atoms with Gasteiger partial charge in [0.1, 0.15) is 6.61 Å². The Morgan fingerprint density at radius 3 is 2.58 bits per heavy atom. The quantitative estimate of drug-likeness (QED) is 0.357. The molecule has 0 saturated carbocycles. The van der Waals surface area contributed by atoms with Crippen LogP contribution < -0.4 is 0 Å². The highest BCUT2D eigenvalue weighted by atomic mass is 16.6. The number of esters is 1. The molecule has 0 saturated heterocycles. The standard InChI is InChI=1S/C6H11NO5/c1-5(8)12-4-6(2,9)3-7(10)11/h9H,3-4H2,1-2H3. The lowest BCUT2D eigenvalue weighted by Crippen LogP contribution is -2.39. The topological polar surface area (TPSA) is 89.7 Å². The van der Waals surface area contributed by atoms with Gasteiger partial charge in [0.15, 0.2) is 5.60 Å². The van der Waals surface area contributed by atoms with Gasteiger partial charge in [-0.2, -0.15) is 0 Å². The molecule has 1 unspecified atom stereocenters. The molecule has 6 heteroatoms. The van der Waals surface area contributed by atoms with E-state index in [1.54, 1.807) is 0 Å². The molecule has 6 nitrogen and oxygen atoms in total. The Morgan fingerprint density at radius 1 is 1.75 bits per heavy atom. The predicted octanol–water partition coefficient (Wildman–Crippen LogP) is -0.423. The molecule has 0 aliphatic carbocycles. The molecule has 0 aromatic carbocycles. The molecule has 0 rings (SSSR count). The minimum absolute atomic E-state index is 0.358. The van der Waals surface area contributed by atoms with Crippen molar-refractivity contribution in [1.29, 1.82) is 0 Å². The Kier molecular flexibility index (Phi) is 3.62. The van der Waals surface area contributed by atoms with E-state index in [-0.39, 0.29) is 6.61 Å². The van der Waals surface area contributed by atoms with E-state index < -0.39 is 23.0 Å². The zero-order valence-electron chi connectivity index (χ0n) is 6.94. The van der Waals surface area contributed by atoms with Gasteiger partial charge in [-0.25, -0.2) is 0 Å². The normalized spacial score (nSPS) is 14.9. The van der Waals surface area contributed by atoms with Crippen LogP contribution in [0.15, 0.2) is 0 Å². The van der Waals surface area contributed by atoms with Crippen LogP contribution in [0.3, 0.4) is 0 Å². The van der Waals surface area contributed by atoms with E-state index in [0.29, 0.717) is 0 Å². The fourth-order valence-corrected chi connectivity index (χ4v) is 0.581. The second kappa shape index (κ2) is 4.01. The van der Waals surface area contributed by atoms with Crippen molar-refractivity contribution in [3.8, 4) is 0 Å². The first-order valence-corrected chi connectivity index (χ1v) is 3.31. The number of carbonyl (C=O) groups is 1. The van der Waals surface area contributed by atoms with Crippen LogP contribution in [0.4, 0.5) is 0 Å². The SMILES string of the molecule is CC(=O)OCC(C)(O)C[N+](=O)[O-]. The van der Waals surface area contributed by atoms with Crippen LogP contribution in [0.1, 0.15) is 13.8 Å². The molecule has 0 spiro atoms. The third kappa shape index (κ3) is 5.60. The Morgan fingerprint density at radius 2 is 2.25 bits per heavy atom. The summed E-state index contributed by atoms with van der Waals surface area (Å²) in [4.78, 5) is 19.6. The molecule has 1 atom stereocenters. The fourth-order valence-electron chi connectivity index (χ4n) is 0.581. The zero-order chi connectivity index (χ0) is 9.78. The summed E-state index contributed by atoms with van der Waals surface area (Å²) in [5.74, 6) is -0.571. The van der Waals surface area contributed by atoms with Crippen LogP contribution in [0, 0.1) is 10.1 Å². The van der Waals surface area contributed by atoms with Crippen LogP contribution in [0.25, 0.3) is 0 Å². The van der Waals surface area contributed by atoms with Crippen LogP contribution in [-0.2, 0) is 9.53 Å². The molecule has 0 amide bonds. The van der Waals surface area contributed by atoms with Gasteiger partial charge in [0, 0.05) is 11.8 Å². The smallest absolute Gasteiger partial charge is 0.302 e. The van der Waals surface area contributed by atoms with Crippen molar-refractivity contribution in [3.05, 3.63) is 10.1 Å². The van der Waals surface area contributed by atoms with Crippen molar-refractivity contribution < 1.29 is 19.6 Å². The molecule has 0 aliphatic rings. The summed E-state index contributed by atoms with van der Waals surface area (Å²) in [5.41, 5.74) is -1.59. The maximum atomic E-state index is 10.3. The summed E-state index contributed by atoms with van der Waals surface area (Å²) in [6.45, 7) is 1.41. The van der Waals surface area contributed by atoms with Crippen molar-refractivity contribution in [2.24, 2.45) is 0 Å². The Hall–Kier alpha value is -1.17. The predicted molar refractivity (Wildman–Crippen MR) is 39.1 cm³/mol. The number of rotatable bonds is 4. The maximum absolute atomic E-state index is 10.3. The van der Waals surface area contributed by atoms with Gasteiger partial charge in [-0.15, -0.1) is 0 Å². The summed E-state index contributed by atoms with van der Waals surface area (Å²) in [7, 11) is 0. The first-order chi connectivity index (χ1) is 5.33. The Labute approximate surface area is 69.3 Å². The van der Waals surface area contributed by atoms with Crippen molar-refractivity contribution in [2.75, 3.05) is 13.2 Å². The molecule has 0 fully saturated rings. The zero-order valence-corrected chi connectivity index (χ0v) is 6.94. The van der Waals surface area contributed by atoms with Gasteiger partial charge in [-0.3, -0.25) is 14.9 Å². The van der Waals surface area contributed by atoms with E-state index in [0.717, 1.165) is 0 Å². The molecule has 12 heavy (non-hydrogen) atoms.